The van der Waals surface area contributed by atoms with Crippen LogP contribution in [0.15, 0.2) is 78.0 Å². The van der Waals surface area contributed by atoms with E-state index >= 15 is 0 Å². The monoisotopic (exact) mass is 365 g/mol. The molecule has 0 saturated carbocycles. The average molecular weight is 366 g/mol. The van der Waals surface area contributed by atoms with Crippen molar-refractivity contribution in [3.8, 4) is 5.75 Å². The standard InChI is InChI=1S/C20H16ClN3O2/c21-19-17(10-6-12-22-19)20(25)24-23-13-16-9-4-5-11-18(16)26-14-15-7-2-1-3-8-15/h1-13H,14H2,(H,24,25). The maximum absolute atomic E-state index is 12.1. The van der Waals surface area contributed by atoms with Crippen LogP contribution in [0.2, 0.25) is 5.15 Å². The summed E-state index contributed by atoms with van der Waals surface area (Å²) >= 11 is 5.90. The van der Waals surface area contributed by atoms with Gasteiger partial charge in [-0.3, -0.25) is 4.79 Å². The Balaban J connectivity index is 1.65. The van der Waals surface area contributed by atoms with Gasteiger partial charge in [-0.15, -0.1) is 0 Å². The number of halogens is 1. The fraction of sp³-hybridized carbons (Fsp3) is 0.0500. The lowest BCUT2D eigenvalue weighted by atomic mass is 10.2. The van der Waals surface area contributed by atoms with Crippen molar-refractivity contribution in [2.75, 3.05) is 0 Å². The number of ether oxygens (including phenoxy) is 1. The first kappa shape index (κ1) is 17.6. The van der Waals surface area contributed by atoms with Crippen molar-refractivity contribution in [2.24, 2.45) is 5.10 Å². The molecule has 0 unspecified atom stereocenters. The van der Waals surface area contributed by atoms with E-state index in [0.717, 1.165) is 11.1 Å². The highest BCUT2D eigenvalue weighted by Gasteiger charge is 2.09. The predicted molar refractivity (Wildman–Crippen MR) is 102 cm³/mol. The van der Waals surface area contributed by atoms with Crippen molar-refractivity contribution < 1.29 is 9.53 Å². The first-order valence-corrected chi connectivity index (χ1v) is 8.31. The molecule has 0 fully saturated rings. The Morgan fingerprint density at radius 3 is 2.65 bits per heavy atom. The summed E-state index contributed by atoms with van der Waals surface area (Å²) in [6.07, 6.45) is 3.05. The fourth-order valence-electron chi connectivity index (χ4n) is 2.23. The number of carbonyl (C=O) groups is 1. The maximum Gasteiger partial charge on any atom is 0.274 e. The number of amides is 1. The molecule has 130 valence electrons. The summed E-state index contributed by atoms with van der Waals surface area (Å²) < 4.78 is 5.85. The van der Waals surface area contributed by atoms with E-state index in [1.807, 2.05) is 54.6 Å². The van der Waals surface area contributed by atoms with Crippen LogP contribution in [0.5, 0.6) is 5.75 Å². The lowest BCUT2D eigenvalue weighted by Gasteiger charge is -2.09. The summed E-state index contributed by atoms with van der Waals surface area (Å²) in [7, 11) is 0. The molecule has 0 aliphatic heterocycles. The highest BCUT2D eigenvalue weighted by molar-refractivity contribution is 6.32. The highest BCUT2D eigenvalue weighted by Crippen LogP contribution is 2.17. The number of hydrazone groups is 1. The van der Waals surface area contributed by atoms with Crippen LogP contribution in [0.1, 0.15) is 21.5 Å². The predicted octanol–water partition coefficient (Wildman–Crippen LogP) is 4.08. The molecule has 26 heavy (non-hydrogen) atoms. The van der Waals surface area contributed by atoms with Crippen LogP contribution in [-0.2, 0) is 6.61 Å². The van der Waals surface area contributed by atoms with Crippen LogP contribution in [0.4, 0.5) is 0 Å². The zero-order chi connectivity index (χ0) is 18.2. The Morgan fingerprint density at radius 2 is 1.85 bits per heavy atom. The van der Waals surface area contributed by atoms with Crippen LogP contribution in [0.25, 0.3) is 0 Å². The molecule has 1 amide bonds. The number of pyridine rings is 1. The summed E-state index contributed by atoms with van der Waals surface area (Å²) in [5.74, 6) is 0.246. The Bertz CT molecular complexity index is 914. The molecule has 2 aromatic carbocycles. The first-order valence-electron chi connectivity index (χ1n) is 7.94. The molecule has 1 N–H and O–H groups in total. The average Bonchev–Trinajstić information content (AvgIpc) is 2.68. The molecule has 1 heterocycles. The third-order valence-corrected chi connectivity index (χ3v) is 3.83. The molecule has 0 radical (unpaired) electrons. The summed E-state index contributed by atoms with van der Waals surface area (Å²) in [6, 6.07) is 20.5. The van der Waals surface area contributed by atoms with Crippen LogP contribution < -0.4 is 10.2 Å². The van der Waals surface area contributed by atoms with E-state index in [1.54, 1.807) is 12.1 Å². The lowest BCUT2D eigenvalue weighted by molar-refractivity contribution is 0.0955. The topological polar surface area (TPSA) is 63.6 Å². The van der Waals surface area contributed by atoms with Gasteiger partial charge in [0.25, 0.3) is 5.91 Å². The van der Waals surface area contributed by atoms with Gasteiger partial charge in [0.2, 0.25) is 0 Å². The van der Waals surface area contributed by atoms with Gasteiger partial charge in [0.15, 0.2) is 0 Å². The number of hydrogen-bond acceptors (Lipinski definition) is 4. The lowest BCUT2D eigenvalue weighted by Crippen LogP contribution is -2.18. The number of hydrogen-bond donors (Lipinski definition) is 1. The van der Waals surface area contributed by atoms with Gasteiger partial charge >= 0.3 is 0 Å². The molecule has 3 rings (SSSR count). The van der Waals surface area contributed by atoms with Crippen LogP contribution in [0.3, 0.4) is 0 Å². The van der Waals surface area contributed by atoms with Gasteiger partial charge in [0.1, 0.15) is 17.5 Å². The van der Waals surface area contributed by atoms with Gasteiger partial charge in [-0.2, -0.15) is 5.10 Å². The van der Waals surface area contributed by atoms with E-state index in [1.165, 1.54) is 12.4 Å². The SMILES string of the molecule is O=C(NN=Cc1ccccc1OCc1ccccc1)c1cccnc1Cl. The smallest absolute Gasteiger partial charge is 0.274 e. The molecule has 3 aromatic rings. The number of benzene rings is 2. The molecule has 1 aromatic heterocycles. The normalized spacial score (nSPS) is 10.7. The van der Waals surface area contributed by atoms with Gasteiger partial charge in [-0.25, -0.2) is 10.4 Å². The van der Waals surface area contributed by atoms with E-state index in [2.05, 4.69) is 15.5 Å². The van der Waals surface area contributed by atoms with Crippen molar-refractivity contribution in [3.63, 3.8) is 0 Å². The fourth-order valence-corrected chi connectivity index (χ4v) is 2.44. The van der Waals surface area contributed by atoms with E-state index in [4.69, 9.17) is 16.3 Å². The number of nitrogens with zero attached hydrogens (tertiary/aromatic N) is 2. The molecule has 0 saturated heterocycles. The third kappa shape index (κ3) is 4.68. The number of nitrogens with one attached hydrogen (secondary N) is 1. The largest absolute Gasteiger partial charge is 0.488 e. The number of aromatic nitrogens is 1. The van der Waals surface area contributed by atoms with Crippen molar-refractivity contribution in [1.29, 1.82) is 0 Å². The van der Waals surface area contributed by atoms with Gasteiger partial charge in [-0.1, -0.05) is 54.1 Å². The molecule has 0 aliphatic rings. The first-order chi connectivity index (χ1) is 12.7. The van der Waals surface area contributed by atoms with Gasteiger partial charge in [0.05, 0.1) is 11.8 Å². The Labute approximate surface area is 156 Å². The zero-order valence-electron chi connectivity index (χ0n) is 13.8. The van der Waals surface area contributed by atoms with Crippen molar-refractivity contribution in [3.05, 3.63) is 94.8 Å². The van der Waals surface area contributed by atoms with Gasteiger partial charge in [-0.05, 0) is 29.8 Å². The third-order valence-electron chi connectivity index (χ3n) is 3.53. The summed E-state index contributed by atoms with van der Waals surface area (Å²) in [5, 5.41) is 4.12. The summed E-state index contributed by atoms with van der Waals surface area (Å²) in [4.78, 5) is 15.9. The molecular weight excluding hydrogens is 350 g/mol. The Kier molecular flexibility index (Phi) is 5.96. The molecule has 6 heteroatoms. The number of para-hydroxylation sites is 1. The Hall–Kier alpha value is -3.18. The van der Waals surface area contributed by atoms with Crippen LogP contribution in [-0.4, -0.2) is 17.1 Å². The van der Waals surface area contributed by atoms with Gasteiger partial charge < -0.3 is 4.74 Å². The van der Waals surface area contributed by atoms with E-state index < -0.39 is 5.91 Å². The summed E-state index contributed by atoms with van der Waals surface area (Å²) in [6.45, 7) is 0.448. The van der Waals surface area contributed by atoms with E-state index in [-0.39, 0.29) is 10.7 Å². The maximum atomic E-state index is 12.1. The van der Waals surface area contributed by atoms with E-state index in [9.17, 15) is 4.79 Å². The van der Waals surface area contributed by atoms with Crippen molar-refractivity contribution in [1.82, 2.24) is 10.4 Å². The quantitative estimate of drug-likeness (QED) is 0.406. The molecule has 0 aliphatic carbocycles. The van der Waals surface area contributed by atoms with Crippen molar-refractivity contribution >= 4 is 23.7 Å². The van der Waals surface area contributed by atoms with Crippen LogP contribution >= 0.6 is 11.6 Å². The molecule has 0 spiro atoms. The highest BCUT2D eigenvalue weighted by atomic mass is 35.5. The molecular formula is C20H16ClN3O2. The molecule has 0 atom stereocenters. The second-order valence-corrected chi connectivity index (χ2v) is 5.71. The second-order valence-electron chi connectivity index (χ2n) is 5.35. The number of carbonyl (C=O) groups excluding carboxylic acids is 1. The zero-order valence-corrected chi connectivity index (χ0v) is 14.6. The van der Waals surface area contributed by atoms with E-state index in [0.29, 0.717) is 12.4 Å². The van der Waals surface area contributed by atoms with Gasteiger partial charge in [0, 0.05) is 11.8 Å². The minimum Gasteiger partial charge on any atom is -0.488 e. The van der Waals surface area contributed by atoms with Crippen LogP contribution in [0, 0.1) is 0 Å². The molecule has 0 bridgehead atoms. The summed E-state index contributed by atoms with van der Waals surface area (Å²) in [5.41, 5.74) is 4.52. The van der Waals surface area contributed by atoms with Crippen molar-refractivity contribution in [2.45, 2.75) is 6.61 Å². The minimum atomic E-state index is -0.429. The minimum absolute atomic E-state index is 0.131. The molecule has 5 nitrogen and oxygen atoms in total. The Morgan fingerprint density at radius 1 is 1.08 bits per heavy atom. The second kappa shape index (κ2) is 8.78. The number of rotatable bonds is 6.